The summed E-state index contributed by atoms with van der Waals surface area (Å²) < 4.78 is 31.0. The Bertz CT molecular complexity index is 441. The van der Waals surface area contributed by atoms with E-state index in [-0.39, 0.29) is 28.6 Å². The van der Waals surface area contributed by atoms with E-state index >= 15 is 0 Å². The Kier molecular flexibility index (Phi) is 6.14. The van der Waals surface area contributed by atoms with Crippen LogP contribution in [0.2, 0.25) is 0 Å². The molecule has 18 heavy (non-hydrogen) atoms. The number of aromatic nitrogens is 1. The predicted molar refractivity (Wildman–Crippen MR) is 69.9 cm³/mol. The van der Waals surface area contributed by atoms with Crippen LogP contribution in [-0.4, -0.2) is 17.6 Å². The molecule has 0 amide bonds. The highest BCUT2D eigenvalue weighted by atomic mass is 79.9. The molecule has 0 bridgehead atoms. The maximum atomic E-state index is 13.0. The van der Waals surface area contributed by atoms with E-state index in [1.54, 1.807) is 6.92 Å². The minimum Gasteiger partial charge on any atom is -0.466 e. The van der Waals surface area contributed by atoms with Gasteiger partial charge in [0.1, 0.15) is 0 Å². The van der Waals surface area contributed by atoms with E-state index < -0.39 is 12.4 Å². The molecule has 0 aliphatic rings. The summed E-state index contributed by atoms with van der Waals surface area (Å²) in [4.78, 5) is 15.4. The molecule has 0 saturated heterocycles. The fourth-order valence-electron chi connectivity index (χ4n) is 1.42. The van der Waals surface area contributed by atoms with E-state index in [9.17, 15) is 13.6 Å². The molecule has 0 aromatic carbocycles. The molecule has 0 spiro atoms. The first-order valence-electron chi connectivity index (χ1n) is 5.17. The first-order chi connectivity index (χ1) is 8.51. The third kappa shape index (κ3) is 3.71. The monoisotopic (exact) mass is 385 g/mol. The Morgan fingerprint density at radius 2 is 2.22 bits per heavy atom. The summed E-state index contributed by atoms with van der Waals surface area (Å²) in [5.41, 5.74) is 0.449. The van der Waals surface area contributed by atoms with Crippen molar-refractivity contribution in [2.75, 3.05) is 6.61 Å². The molecule has 0 N–H and O–H groups in total. The number of nitrogens with zero attached hydrogens (tertiary/aromatic N) is 1. The molecule has 3 nitrogen and oxygen atoms in total. The van der Waals surface area contributed by atoms with Crippen molar-refractivity contribution in [3.05, 3.63) is 27.5 Å². The van der Waals surface area contributed by atoms with Crippen LogP contribution in [0.25, 0.3) is 0 Å². The van der Waals surface area contributed by atoms with Crippen molar-refractivity contribution in [2.24, 2.45) is 0 Å². The molecule has 1 aromatic rings. The molecule has 0 unspecified atom stereocenters. The zero-order chi connectivity index (χ0) is 13.7. The Morgan fingerprint density at radius 3 is 2.72 bits per heavy atom. The number of halogens is 4. The summed E-state index contributed by atoms with van der Waals surface area (Å²) in [6.45, 7) is 1.88. The smallest absolute Gasteiger partial charge is 0.310 e. The lowest BCUT2D eigenvalue weighted by atomic mass is 10.1. The number of carbonyl (C=O) groups is 1. The Labute approximate surface area is 120 Å². The molecule has 0 saturated carbocycles. The highest BCUT2D eigenvalue weighted by molar-refractivity contribution is 9.10. The van der Waals surface area contributed by atoms with Gasteiger partial charge in [-0.3, -0.25) is 9.78 Å². The van der Waals surface area contributed by atoms with Crippen molar-refractivity contribution >= 4 is 37.8 Å². The number of alkyl halides is 3. The van der Waals surface area contributed by atoms with E-state index in [1.165, 1.54) is 6.20 Å². The third-order valence-corrected chi connectivity index (χ3v) is 3.61. The van der Waals surface area contributed by atoms with Crippen LogP contribution in [0.4, 0.5) is 8.78 Å². The number of pyridine rings is 1. The SMILES string of the molecule is CCOC(=O)Cc1cnc(CBr)c(Br)c1C(F)F. The number of ether oxygens (including phenoxy) is 1. The third-order valence-electron chi connectivity index (χ3n) is 2.20. The van der Waals surface area contributed by atoms with Crippen molar-refractivity contribution in [1.29, 1.82) is 0 Å². The lowest BCUT2D eigenvalue weighted by Crippen LogP contribution is -2.11. The van der Waals surface area contributed by atoms with Gasteiger partial charge >= 0.3 is 5.97 Å². The second-order valence-electron chi connectivity index (χ2n) is 3.37. The van der Waals surface area contributed by atoms with E-state index in [0.717, 1.165) is 0 Å². The Balaban J connectivity index is 3.11. The maximum absolute atomic E-state index is 13.0. The average molecular weight is 387 g/mol. The van der Waals surface area contributed by atoms with Crippen molar-refractivity contribution in [1.82, 2.24) is 4.98 Å². The van der Waals surface area contributed by atoms with Crippen LogP contribution in [0.5, 0.6) is 0 Å². The van der Waals surface area contributed by atoms with E-state index in [1.807, 2.05) is 0 Å². The molecule has 0 fully saturated rings. The molecule has 1 heterocycles. The molecular formula is C11H11Br2F2NO2. The quantitative estimate of drug-likeness (QED) is 0.571. The van der Waals surface area contributed by atoms with Crippen molar-refractivity contribution < 1.29 is 18.3 Å². The summed E-state index contributed by atoms with van der Waals surface area (Å²) in [6.07, 6.45) is -1.59. The molecule has 0 atom stereocenters. The van der Waals surface area contributed by atoms with Gasteiger partial charge in [0.2, 0.25) is 0 Å². The van der Waals surface area contributed by atoms with Crippen LogP contribution in [0.3, 0.4) is 0 Å². The second-order valence-corrected chi connectivity index (χ2v) is 4.73. The molecule has 0 radical (unpaired) electrons. The van der Waals surface area contributed by atoms with Crippen molar-refractivity contribution in [2.45, 2.75) is 25.1 Å². The lowest BCUT2D eigenvalue weighted by molar-refractivity contribution is -0.142. The summed E-state index contributed by atoms with van der Waals surface area (Å²) in [5, 5.41) is 0.354. The molecule has 7 heteroatoms. The zero-order valence-corrected chi connectivity index (χ0v) is 12.7. The van der Waals surface area contributed by atoms with Gasteiger partial charge in [-0.15, -0.1) is 0 Å². The van der Waals surface area contributed by atoms with Gasteiger partial charge in [-0.2, -0.15) is 0 Å². The maximum Gasteiger partial charge on any atom is 0.310 e. The molecule has 100 valence electrons. The number of esters is 1. The van der Waals surface area contributed by atoms with Crippen LogP contribution < -0.4 is 0 Å². The summed E-state index contributed by atoms with van der Waals surface area (Å²) in [7, 11) is 0. The average Bonchev–Trinajstić information content (AvgIpc) is 2.29. The topological polar surface area (TPSA) is 39.2 Å². The van der Waals surface area contributed by atoms with Crippen LogP contribution in [-0.2, 0) is 21.3 Å². The normalized spacial score (nSPS) is 10.8. The minimum atomic E-state index is -2.68. The predicted octanol–water partition coefficient (Wildman–Crippen LogP) is 3.78. The molecule has 1 aromatic heterocycles. The number of hydrogen-bond acceptors (Lipinski definition) is 3. The summed E-state index contributed by atoms with van der Waals surface area (Å²) in [5.74, 6) is -0.542. The minimum absolute atomic E-state index is 0.181. The molecule has 1 rings (SSSR count). The van der Waals surface area contributed by atoms with E-state index in [0.29, 0.717) is 11.0 Å². The zero-order valence-electron chi connectivity index (χ0n) is 9.55. The molecular weight excluding hydrogens is 376 g/mol. The number of rotatable bonds is 5. The largest absolute Gasteiger partial charge is 0.466 e. The van der Waals surface area contributed by atoms with Gasteiger partial charge in [-0.1, -0.05) is 15.9 Å². The summed E-state index contributed by atoms with van der Waals surface area (Å²) >= 11 is 6.26. The summed E-state index contributed by atoms with van der Waals surface area (Å²) in [6, 6.07) is 0. The van der Waals surface area contributed by atoms with Crippen molar-refractivity contribution in [3.8, 4) is 0 Å². The number of carbonyl (C=O) groups excluding carboxylic acids is 1. The van der Waals surface area contributed by atoms with Gasteiger partial charge in [-0.05, 0) is 28.4 Å². The van der Waals surface area contributed by atoms with E-state index in [2.05, 4.69) is 36.8 Å². The van der Waals surface area contributed by atoms with Gasteiger partial charge in [0.25, 0.3) is 6.43 Å². The highest BCUT2D eigenvalue weighted by Gasteiger charge is 2.21. The first-order valence-corrected chi connectivity index (χ1v) is 7.08. The molecule has 0 aliphatic heterocycles. The van der Waals surface area contributed by atoms with Crippen molar-refractivity contribution in [3.63, 3.8) is 0 Å². The van der Waals surface area contributed by atoms with E-state index in [4.69, 9.17) is 4.74 Å². The lowest BCUT2D eigenvalue weighted by Gasteiger charge is -2.12. The van der Waals surface area contributed by atoms with Gasteiger partial charge in [0.15, 0.2) is 0 Å². The van der Waals surface area contributed by atoms with Gasteiger partial charge < -0.3 is 4.74 Å². The fourth-order valence-corrected chi connectivity index (χ4v) is 2.89. The van der Waals surface area contributed by atoms with Crippen LogP contribution in [0.1, 0.15) is 30.2 Å². The van der Waals surface area contributed by atoms with Gasteiger partial charge in [-0.25, -0.2) is 8.78 Å². The van der Waals surface area contributed by atoms with Crippen LogP contribution >= 0.6 is 31.9 Å². The second kappa shape index (κ2) is 7.13. The van der Waals surface area contributed by atoms with Crippen LogP contribution in [0, 0.1) is 0 Å². The van der Waals surface area contributed by atoms with Gasteiger partial charge in [0, 0.05) is 21.6 Å². The Hall–Kier alpha value is -0.560. The highest BCUT2D eigenvalue weighted by Crippen LogP contribution is 2.33. The van der Waals surface area contributed by atoms with Gasteiger partial charge in [0.05, 0.1) is 18.7 Å². The molecule has 0 aliphatic carbocycles. The fraction of sp³-hybridized carbons (Fsp3) is 0.455. The number of hydrogen-bond donors (Lipinski definition) is 0. The first kappa shape index (κ1) is 15.5. The standard InChI is InChI=1S/C11H11Br2F2NO2/c1-2-18-8(17)3-6-5-16-7(4-12)10(13)9(6)11(14)15/h5,11H,2-4H2,1H3. The Morgan fingerprint density at radius 1 is 1.56 bits per heavy atom. The van der Waals surface area contributed by atoms with Crippen LogP contribution in [0.15, 0.2) is 10.7 Å².